The maximum atomic E-state index is 11.3. The number of hydrogen-bond acceptors (Lipinski definition) is 26. The van der Waals surface area contributed by atoms with Gasteiger partial charge in [0.2, 0.25) is 17.6 Å². The van der Waals surface area contributed by atoms with Gasteiger partial charge in [0.15, 0.2) is 0 Å². The zero-order valence-corrected chi connectivity index (χ0v) is 70.7. The molecule has 29 heteroatoms. The van der Waals surface area contributed by atoms with Crippen molar-refractivity contribution in [2.24, 2.45) is 0 Å². The molecule has 9 heterocycles. The number of methoxy groups -OCH3 is 3. The molecule has 18 rings (SSSR count). The van der Waals surface area contributed by atoms with Crippen LogP contribution in [0, 0.1) is 27.2 Å². The van der Waals surface area contributed by atoms with Gasteiger partial charge in [-0.25, -0.2) is 15.0 Å². The summed E-state index contributed by atoms with van der Waals surface area (Å²) < 4.78 is 51.6. The molecule has 0 aliphatic carbocycles. The minimum Gasteiger partial charge on any atom is -0.497 e. The van der Waals surface area contributed by atoms with E-state index < -0.39 is 0 Å². The van der Waals surface area contributed by atoms with Gasteiger partial charge in [0, 0.05) is 185 Å². The van der Waals surface area contributed by atoms with Crippen LogP contribution in [-0.4, -0.2) is 125 Å². The topological polar surface area (TPSA) is 244 Å². The second-order valence-electron chi connectivity index (χ2n) is 27.0. The number of benzene rings is 9. The Kier molecular flexibility index (Phi) is 27.2. The Labute approximate surface area is 711 Å². The number of nitro groups is 2. The summed E-state index contributed by atoms with van der Waals surface area (Å²) in [5.74, 6) is 4.28. The molecular formula is C88H80BrN9O13S6. The van der Waals surface area contributed by atoms with Crippen LogP contribution >= 0.6 is 86.5 Å². The predicted octanol–water partition coefficient (Wildman–Crippen LogP) is 20.9. The van der Waals surface area contributed by atoms with Crippen LogP contribution in [0.5, 0.6) is 34.9 Å². The van der Waals surface area contributed by atoms with E-state index in [-0.39, 0.29) is 21.2 Å². The number of fused-ring (bicyclic) bond motifs is 6. The number of aryl methyl sites for hydroxylation is 1. The number of hydrogen-bond donors (Lipinski definition) is 1. The number of ether oxygens (including phenoxy) is 9. The number of anilines is 4. The molecule has 3 saturated heterocycles. The lowest BCUT2D eigenvalue weighted by atomic mass is 10.1. The number of nitro benzene ring substituents is 2. The first-order valence-corrected chi connectivity index (χ1v) is 43.2. The summed E-state index contributed by atoms with van der Waals surface area (Å²) in [5.41, 5.74) is 18.3. The summed E-state index contributed by atoms with van der Waals surface area (Å²) in [6, 6.07) is 70.6. The van der Waals surface area contributed by atoms with Gasteiger partial charge >= 0.3 is 0 Å². The van der Waals surface area contributed by atoms with Crippen LogP contribution in [0.4, 0.5) is 34.1 Å². The van der Waals surface area contributed by atoms with Gasteiger partial charge in [-0.2, -0.15) is 0 Å². The largest absolute Gasteiger partial charge is 0.497 e. The summed E-state index contributed by atoms with van der Waals surface area (Å²) in [6.45, 7) is 12.7. The number of nitrogens with zero attached hydrogens (tertiary/aromatic N) is 8. The van der Waals surface area contributed by atoms with Gasteiger partial charge in [-0.15, -0.1) is 0 Å². The molecule has 0 unspecified atom stereocenters. The molecule has 6 aliphatic rings. The molecule has 2 N–H and O–H groups in total. The zero-order chi connectivity index (χ0) is 80.7. The first kappa shape index (κ1) is 81.8. The highest BCUT2D eigenvalue weighted by molar-refractivity contribution is 9.10. The number of aromatic nitrogens is 3. The van der Waals surface area contributed by atoms with Crippen LogP contribution in [-0.2, 0) is 34.0 Å². The van der Waals surface area contributed by atoms with E-state index in [2.05, 4.69) is 84.1 Å². The second-order valence-corrected chi connectivity index (χ2v) is 34.3. The molecule has 0 atom stereocenters. The van der Waals surface area contributed by atoms with E-state index in [1.54, 1.807) is 116 Å². The predicted molar refractivity (Wildman–Crippen MR) is 465 cm³/mol. The summed E-state index contributed by atoms with van der Waals surface area (Å²) in [4.78, 5) is 55.8. The molecule has 0 saturated carbocycles. The molecule has 0 bridgehead atoms. The molecule has 3 aromatic heterocycles. The number of nitrogen functional groups attached to an aromatic ring is 1. The minimum absolute atomic E-state index is 0.0972. The van der Waals surface area contributed by atoms with Crippen molar-refractivity contribution in [1.29, 1.82) is 0 Å². The van der Waals surface area contributed by atoms with Gasteiger partial charge in [-0.1, -0.05) is 137 Å². The third-order valence-corrected chi connectivity index (χ3v) is 27.9. The zero-order valence-electron chi connectivity index (χ0n) is 64.2. The fourth-order valence-electron chi connectivity index (χ4n) is 13.1. The van der Waals surface area contributed by atoms with E-state index in [0.717, 1.165) is 176 Å². The van der Waals surface area contributed by atoms with Crippen molar-refractivity contribution in [1.82, 2.24) is 15.0 Å². The minimum atomic E-state index is -0.359. The molecular weight excluding hydrogens is 1660 g/mol. The SMILES string of the molecule is COc1ccc(COc2cc(N3CCOCC3)cc(-c3cccc4c3Sc3ccc(N)cc3S4)n2)cc1.COc1ccc(COc2cc(N3CCOCC3)cc(-c3cccc4c3Sc3ccc([N+](=O)[O-])cc3S4)n2)cc1.COc1ccc(COc2cc(N3CCOCC3)cc(C)n2)cc1.O=[N+]([O-])c1ccc2c(c1)Sc1cccc(Br)c1S2. The lowest BCUT2D eigenvalue weighted by molar-refractivity contribution is -0.385. The maximum absolute atomic E-state index is 11.3. The molecule has 22 nitrogen and oxygen atoms in total. The average molecular weight is 1740 g/mol. The Morgan fingerprint density at radius 3 is 1.14 bits per heavy atom. The Morgan fingerprint density at radius 2 is 0.744 bits per heavy atom. The molecule has 12 aromatic rings. The van der Waals surface area contributed by atoms with Crippen LogP contribution < -0.4 is 48.9 Å². The summed E-state index contributed by atoms with van der Waals surface area (Å²) in [5, 5.41) is 22.1. The Morgan fingerprint density at radius 1 is 0.393 bits per heavy atom. The van der Waals surface area contributed by atoms with E-state index in [4.69, 9.17) is 58.3 Å². The Hall–Kier alpha value is -10.3. The third kappa shape index (κ3) is 20.8. The fourth-order valence-corrected chi connectivity index (χ4v) is 21.0. The number of pyridine rings is 3. The standard InChI is InChI=1S/C29H25N3O5S2.C29H27N3O3S2.C18H22N2O3.C12H6BrNO2S2/c1-35-22-8-5-19(6-9-22)18-37-28-17-21(31-11-13-36-14-12-31)15-24(30-28)23-3-2-4-26-29(23)39-25-10-7-20(32(33)34)16-27(25)38-26;1-33-22-8-5-19(6-9-22)18-35-28-17-21(32-11-13-34-14-12-32)16-24(31-28)23-3-2-4-26-29(23)37-25-10-7-20(30)15-27(25)36-26;1-14-11-16(20-7-9-22-10-8-20)12-18(19-14)23-13-15-3-5-17(21-2)6-4-15;13-8-2-1-3-10-12(8)18-9-5-4-7(14(15)16)6-11(9)17-10/h2-10,15-17H,11-14,18H2,1H3;2-10,15-17H,11-14,18,30H2,1H3;3-6,11-12H,7-10,13H2,1-2H3;1-6H. The smallest absolute Gasteiger partial charge is 0.270 e. The maximum Gasteiger partial charge on any atom is 0.270 e. The van der Waals surface area contributed by atoms with E-state index in [1.807, 2.05) is 153 Å². The molecule has 6 aliphatic heterocycles. The highest BCUT2D eigenvalue weighted by Crippen LogP contribution is 2.55. The van der Waals surface area contributed by atoms with Crippen molar-refractivity contribution in [2.75, 3.05) is 121 Å². The van der Waals surface area contributed by atoms with Gasteiger partial charge < -0.3 is 63.1 Å². The number of rotatable bonds is 19. The average Bonchev–Trinajstić information content (AvgIpc) is 0.747. The van der Waals surface area contributed by atoms with Gasteiger partial charge in [0.1, 0.15) is 37.1 Å². The van der Waals surface area contributed by atoms with Crippen molar-refractivity contribution in [2.45, 2.75) is 85.5 Å². The first-order chi connectivity index (χ1) is 57.1. The summed E-state index contributed by atoms with van der Waals surface area (Å²) >= 11 is 13.4. The summed E-state index contributed by atoms with van der Waals surface area (Å²) in [6.07, 6.45) is 0. The summed E-state index contributed by atoms with van der Waals surface area (Å²) in [7, 11) is 4.98. The van der Waals surface area contributed by atoms with E-state index in [0.29, 0.717) is 63.9 Å². The van der Waals surface area contributed by atoms with Crippen LogP contribution in [0.3, 0.4) is 0 Å². The number of non-ortho nitro benzene ring substituents is 2. The normalized spacial score (nSPS) is 14.2. The van der Waals surface area contributed by atoms with Crippen molar-refractivity contribution in [3.63, 3.8) is 0 Å². The fraction of sp³-hybridized carbons (Fsp3) is 0.216. The molecule has 0 amide bonds. The van der Waals surface area contributed by atoms with E-state index in [9.17, 15) is 20.2 Å². The third-order valence-electron chi connectivity index (χ3n) is 19.2. The van der Waals surface area contributed by atoms with Crippen LogP contribution in [0.25, 0.3) is 22.5 Å². The highest BCUT2D eigenvalue weighted by atomic mass is 79.9. The number of morpholine rings is 3. The van der Waals surface area contributed by atoms with Crippen molar-refractivity contribution < 1.29 is 52.5 Å². The van der Waals surface area contributed by atoms with Crippen LogP contribution in [0.15, 0.2) is 282 Å². The van der Waals surface area contributed by atoms with Crippen LogP contribution in [0.1, 0.15) is 22.4 Å². The van der Waals surface area contributed by atoms with Crippen molar-refractivity contribution in [3.8, 4) is 57.4 Å². The number of nitrogens with two attached hydrogens (primary N) is 1. The monoisotopic (exact) mass is 1740 g/mol. The quantitative estimate of drug-likeness (QED) is 0.0449. The Balaban J connectivity index is 0.000000127. The molecule has 0 radical (unpaired) electrons. The lowest BCUT2D eigenvalue weighted by Crippen LogP contribution is -2.36. The van der Waals surface area contributed by atoms with Crippen molar-refractivity contribution in [3.05, 3.63) is 265 Å². The van der Waals surface area contributed by atoms with Crippen LogP contribution in [0.2, 0.25) is 0 Å². The van der Waals surface area contributed by atoms with Gasteiger partial charge in [-0.05, 0) is 149 Å². The lowest BCUT2D eigenvalue weighted by Gasteiger charge is -2.29. The molecule has 0 spiro atoms. The molecule has 3 fully saturated rings. The molecule has 9 aromatic carbocycles. The van der Waals surface area contributed by atoms with Crippen molar-refractivity contribution >= 4 is 121 Å². The molecule has 598 valence electrons. The van der Waals surface area contributed by atoms with Gasteiger partial charge in [-0.3, -0.25) is 20.2 Å². The van der Waals surface area contributed by atoms with E-state index >= 15 is 0 Å². The Bertz CT molecular complexity index is 5550. The van der Waals surface area contributed by atoms with Gasteiger partial charge in [0.05, 0.1) is 82.2 Å². The number of halogens is 1. The van der Waals surface area contributed by atoms with E-state index in [1.165, 1.54) is 24.5 Å². The first-order valence-electron chi connectivity index (χ1n) is 37.5. The second kappa shape index (κ2) is 38.8. The highest BCUT2D eigenvalue weighted by Gasteiger charge is 2.28. The molecule has 117 heavy (non-hydrogen) atoms. The van der Waals surface area contributed by atoms with Gasteiger partial charge in [0.25, 0.3) is 11.4 Å².